The Morgan fingerprint density at radius 3 is 2.74 bits per heavy atom. The van der Waals surface area contributed by atoms with Crippen molar-refractivity contribution in [1.82, 2.24) is 19.5 Å². The van der Waals surface area contributed by atoms with E-state index in [0.717, 1.165) is 6.42 Å². The topological polar surface area (TPSA) is 89.8 Å². The molecule has 0 aliphatic carbocycles. The fourth-order valence-corrected chi connectivity index (χ4v) is 2.83. The third kappa shape index (κ3) is 3.03. The lowest BCUT2D eigenvalue weighted by Crippen LogP contribution is -2.23. The minimum absolute atomic E-state index is 0.165. The summed E-state index contributed by atoms with van der Waals surface area (Å²) in [7, 11) is 0. The van der Waals surface area contributed by atoms with Crippen LogP contribution in [0.4, 0.5) is 5.82 Å². The van der Waals surface area contributed by atoms with Gasteiger partial charge in [0.25, 0.3) is 0 Å². The highest BCUT2D eigenvalue weighted by atomic mass is 16.3. The molecule has 3 rings (SSSR count). The van der Waals surface area contributed by atoms with Gasteiger partial charge in [0.1, 0.15) is 11.8 Å². The van der Waals surface area contributed by atoms with Crippen molar-refractivity contribution in [2.45, 2.75) is 38.8 Å². The average Bonchev–Trinajstić information content (AvgIpc) is 2.98. The number of nitrogens with two attached hydrogens (primary N) is 1. The van der Waals surface area contributed by atoms with Crippen molar-refractivity contribution in [1.29, 1.82) is 0 Å². The van der Waals surface area contributed by atoms with Crippen molar-refractivity contribution in [2.75, 3.05) is 5.73 Å². The van der Waals surface area contributed by atoms with Gasteiger partial charge >= 0.3 is 0 Å². The molecule has 23 heavy (non-hydrogen) atoms. The van der Waals surface area contributed by atoms with Crippen LogP contribution in [-0.2, 0) is 12.8 Å². The van der Waals surface area contributed by atoms with Gasteiger partial charge < -0.3 is 15.4 Å². The van der Waals surface area contributed by atoms with Gasteiger partial charge in [-0.2, -0.15) is 0 Å². The van der Waals surface area contributed by atoms with Crippen molar-refractivity contribution in [3.63, 3.8) is 0 Å². The zero-order valence-electron chi connectivity index (χ0n) is 13.3. The molecule has 0 aliphatic heterocycles. The largest absolute Gasteiger partial charge is 0.391 e. The average molecular weight is 311 g/mol. The fourth-order valence-electron chi connectivity index (χ4n) is 2.83. The summed E-state index contributed by atoms with van der Waals surface area (Å²) in [5.41, 5.74) is 9.53. The standard InChI is InChI=1S/C17H21N5O/c1-3-12-5-4-6-13(7-12)8-14(11(2)23)22-10-21-15-16(18)19-9-20-17(15)22/h4-7,9-11,14,23H,3,8H2,1-2H3,(H2,18,19,20)/t11-,14+/m0/s1. The zero-order valence-corrected chi connectivity index (χ0v) is 13.3. The van der Waals surface area contributed by atoms with E-state index < -0.39 is 6.10 Å². The van der Waals surface area contributed by atoms with Crippen LogP contribution in [0.5, 0.6) is 0 Å². The first-order valence-electron chi connectivity index (χ1n) is 7.79. The Bertz CT molecular complexity index is 812. The molecular formula is C17H21N5O. The number of fused-ring (bicyclic) bond motifs is 1. The van der Waals surface area contributed by atoms with Gasteiger partial charge in [-0.3, -0.25) is 0 Å². The highest BCUT2D eigenvalue weighted by Crippen LogP contribution is 2.24. The normalized spacial score (nSPS) is 14.0. The van der Waals surface area contributed by atoms with Crippen molar-refractivity contribution < 1.29 is 5.11 Å². The number of nitrogen functional groups attached to an aromatic ring is 1. The van der Waals surface area contributed by atoms with Crippen LogP contribution in [0.25, 0.3) is 11.2 Å². The van der Waals surface area contributed by atoms with Crippen molar-refractivity contribution in [2.24, 2.45) is 0 Å². The van der Waals surface area contributed by atoms with Crippen LogP contribution >= 0.6 is 0 Å². The van der Waals surface area contributed by atoms with E-state index in [1.54, 1.807) is 13.3 Å². The van der Waals surface area contributed by atoms with Crippen molar-refractivity contribution in [3.05, 3.63) is 48.0 Å². The number of hydrogen-bond donors (Lipinski definition) is 2. The summed E-state index contributed by atoms with van der Waals surface area (Å²) in [4.78, 5) is 12.5. The lowest BCUT2D eigenvalue weighted by atomic mass is 9.99. The van der Waals surface area contributed by atoms with Crippen LogP contribution in [0.2, 0.25) is 0 Å². The molecule has 2 heterocycles. The number of nitrogens with zero attached hydrogens (tertiary/aromatic N) is 4. The highest BCUT2D eigenvalue weighted by Gasteiger charge is 2.21. The van der Waals surface area contributed by atoms with Gasteiger partial charge in [0.2, 0.25) is 0 Å². The van der Waals surface area contributed by atoms with Crippen LogP contribution in [-0.4, -0.2) is 30.7 Å². The molecule has 0 aliphatic rings. The van der Waals surface area contributed by atoms with Gasteiger partial charge in [-0.15, -0.1) is 0 Å². The Balaban J connectivity index is 1.99. The van der Waals surface area contributed by atoms with Crippen molar-refractivity contribution in [3.8, 4) is 0 Å². The smallest absolute Gasteiger partial charge is 0.165 e. The van der Waals surface area contributed by atoms with E-state index in [4.69, 9.17) is 5.73 Å². The molecule has 120 valence electrons. The SMILES string of the molecule is CCc1cccc(C[C@H]([C@H](C)O)n2cnc3c(N)ncnc32)c1. The number of aliphatic hydroxyl groups is 1. The summed E-state index contributed by atoms with van der Waals surface area (Å²) in [6.45, 7) is 3.92. The van der Waals surface area contributed by atoms with Gasteiger partial charge in [0.15, 0.2) is 11.5 Å². The molecule has 6 heteroatoms. The van der Waals surface area contributed by atoms with E-state index in [1.165, 1.54) is 17.5 Å². The van der Waals surface area contributed by atoms with Gasteiger partial charge in [0.05, 0.1) is 18.5 Å². The molecule has 0 radical (unpaired) electrons. The summed E-state index contributed by atoms with van der Waals surface area (Å²) >= 11 is 0. The maximum absolute atomic E-state index is 10.3. The zero-order chi connectivity index (χ0) is 16.4. The number of aliphatic hydroxyl groups excluding tert-OH is 1. The first-order chi connectivity index (χ1) is 11.1. The van der Waals surface area contributed by atoms with Crippen molar-refractivity contribution >= 4 is 17.0 Å². The first-order valence-corrected chi connectivity index (χ1v) is 7.79. The van der Waals surface area contributed by atoms with Crippen LogP contribution in [0.1, 0.15) is 31.0 Å². The van der Waals surface area contributed by atoms with Gasteiger partial charge in [-0.05, 0) is 30.9 Å². The molecule has 0 spiro atoms. The predicted octanol–water partition coefficient (Wildman–Crippen LogP) is 2.14. The third-order valence-corrected chi connectivity index (χ3v) is 4.15. The molecule has 0 amide bonds. The summed E-state index contributed by atoms with van der Waals surface area (Å²) in [5, 5.41) is 10.3. The summed E-state index contributed by atoms with van der Waals surface area (Å²) in [6, 6.07) is 8.26. The molecule has 3 aromatic rings. The molecule has 2 aromatic heterocycles. The molecular weight excluding hydrogens is 290 g/mol. The highest BCUT2D eigenvalue weighted by molar-refractivity contribution is 5.81. The van der Waals surface area contributed by atoms with E-state index in [9.17, 15) is 5.11 Å². The molecule has 0 saturated heterocycles. The van der Waals surface area contributed by atoms with Gasteiger partial charge in [0, 0.05) is 0 Å². The molecule has 2 atom stereocenters. The number of aromatic nitrogens is 4. The Morgan fingerprint density at radius 2 is 2.00 bits per heavy atom. The second kappa shape index (κ2) is 6.34. The molecule has 0 unspecified atom stereocenters. The van der Waals surface area contributed by atoms with Gasteiger partial charge in [-0.25, -0.2) is 15.0 Å². The van der Waals surface area contributed by atoms with E-state index in [-0.39, 0.29) is 6.04 Å². The minimum atomic E-state index is -0.547. The van der Waals surface area contributed by atoms with Crippen LogP contribution in [0.15, 0.2) is 36.9 Å². The second-order valence-electron chi connectivity index (χ2n) is 5.77. The minimum Gasteiger partial charge on any atom is -0.391 e. The number of rotatable bonds is 5. The summed E-state index contributed by atoms with van der Waals surface area (Å²) < 4.78 is 1.89. The van der Waals surface area contributed by atoms with Crippen LogP contribution < -0.4 is 5.73 Å². The Labute approximate surface area is 135 Å². The predicted molar refractivity (Wildman–Crippen MR) is 90.0 cm³/mol. The fraction of sp³-hybridized carbons (Fsp3) is 0.353. The Hall–Kier alpha value is -2.47. The quantitative estimate of drug-likeness (QED) is 0.753. The van der Waals surface area contributed by atoms with Gasteiger partial charge in [-0.1, -0.05) is 31.2 Å². The monoisotopic (exact) mass is 311 g/mol. The maximum atomic E-state index is 10.3. The lowest BCUT2D eigenvalue weighted by Gasteiger charge is -2.22. The first kappa shape index (κ1) is 15.4. The Morgan fingerprint density at radius 1 is 1.22 bits per heavy atom. The maximum Gasteiger partial charge on any atom is 0.165 e. The lowest BCUT2D eigenvalue weighted by molar-refractivity contribution is 0.131. The molecule has 6 nitrogen and oxygen atoms in total. The molecule has 0 bridgehead atoms. The molecule has 1 aromatic carbocycles. The van der Waals surface area contributed by atoms with E-state index in [0.29, 0.717) is 23.4 Å². The molecule has 3 N–H and O–H groups in total. The van der Waals surface area contributed by atoms with E-state index >= 15 is 0 Å². The number of anilines is 1. The van der Waals surface area contributed by atoms with E-state index in [1.807, 2.05) is 4.57 Å². The number of imidazole rings is 1. The second-order valence-corrected chi connectivity index (χ2v) is 5.77. The van der Waals surface area contributed by atoms with Crippen LogP contribution in [0.3, 0.4) is 0 Å². The number of benzene rings is 1. The van der Waals surface area contributed by atoms with Crippen LogP contribution in [0, 0.1) is 0 Å². The summed E-state index contributed by atoms with van der Waals surface area (Å²) in [5.74, 6) is 0.353. The molecule has 0 fully saturated rings. The number of aryl methyl sites for hydroxylation is 1. The Kier molecular flexibility index (Phi) is 4.25. The summed E-state index contributed by atoms with van der Waals surface area (Å²) in [6.07, 6.45) is 4.24. The molecule has 0 saturated carbocycles. The van der Waals surface area contributed by atoms with E-state index in [2.05, 4.69) is 46.1 Å². The number of hydrogen-bond acceptors (Lipinski definition) is 5. The third-order valence-electron chi connectivity index (χ3n) is 4.15.